The van der Waals surface area contributed by atoms with Gasteiger partial charge < -0.3 is 15.4 Å². The topological polar surface area (TPSA) is 50.4 Å². The van der Waals surface area contributed by atoms with E-state index in [1.807, 2.05) is 25.1 Å². The van der Waals surface area contributed by atoms with Crippen LogP contribution in [-0.2, 0) is 9.53 Å². The van der Waals surface area contributed by atoms with Gasteiger partial charge in [0.25, 0.3) is 0 Å². The Morgan fingerprint density at radius 2 is 2.22 bits per heavy atom. The van der Waals surface area contributed by atoms with Crippen molar-refractivity contribution in [3.63, 3.8) is 0 Å². The number of rotatable bonds is 7. The van der Waals surface area contributed by atoms with Gasteiger partial charge in [-0.05, 0) is 37.1 Å². The summed E-state index contributed by atoms with van der Waals surface area (Å²) in [5.41, 5.74) is 2.09. The van der Waals surface area contributed by atoms with Gasteiger partial charge in [0.2, 0.25) is 5.91 Å². The molecule has 18 heavy (non-hydrogen) atoms. The number of methoxy groups -OCH3 is 1. The second-order valence-electron chi connectivity index (χ2n) is 4.01. The predicted octanol–water partition coefficient (Wildman–Crippen LogP) is 2.32. The highest BCUT2D eigenvalue weighted by atomic mass is 79.9. The molecule has 0 radical (unpaired) electrons. The molecule has 0 saturated carbocycles. The van der Waals surface area contributed by atoms with Crippen molar-refractivity contribution in [2.24, 2.45) is 0 Å². The first kappa shape index (κ1) is 15.0. The molecule has 0 spiro atoms. The summed E-state index contributed by atoms with van der Waals surface area (Å²) < 4.78 is 5.97. The lowest BCUT2D eigenvalue weighted by Gasteiger charge is -2.09. The van der Waals surface area contributed by atoms with Crippen LogP contribution in [-0.4, -0.2) is 32.7 Å². The molecule has 0 bridgehead atoms. The van der Waals surface area contributed by atoms with Crippen LogP contribution in [0.25, 0.3) is 0 Å². The molecular weight excluding hydrogens is 296 g/mol. The number of amides is 1. The fraction of sp³-hybridized carbons (Fsp3) is 0.462. The number of nitrogens with one attached hydrogen (secondary N) is 2. The molecule has 0 fully saturated rings. The van der Waals surface area contributed by atoms with E-state index in [0.29, 0.717) is 13.2 Å². The largest absolute Gasteiger partial charge is 0.385 e. The SMILES string of the molecule is COCCCNC(=O)CNc1ccc(Br)c(C)c1. The smallest absolute Gasteiger partial charge is 0.239 e. The highest BCUT2D eigenvalue weighted by molar-refractivity contribution is 9.10. The minimum Gasteiger partial charge on any atom is -0.385 e. The molecule has 100 valence electrons. The number of hydrogen-bond acceptors (Lipinski definition) is 3. The average Bonchev–Trinajstić information content (AvgIpc) is 2.36. The zero-order valence-electron chi connectivity index (χ0n) is 10.8. The minimum absolute atomic E-state index is 0.00771. The molecule has 0 aromatic heterocycles. The third-order valence-corrected chi connectivity index (χ3v) is 3.35. The van der Waals surface area contributed by atoms with Crippen LogP contribution in [0, 0.1) is 6.92 Å². The molecule has 0 atom stereocenters. The highest BCUT2D eigenvalue weighted by Gasteiger charge is 2.01. The van der Waals surface area contributed by atoms with E-state index in [2.05, 4.69) is 26.6 Å². The third kappa shape index (κ3) is 5.51. The van der Waals surface area contributed by atoms with Crippen LogP contribution in [0.1, 0.15) is 12.0 Å². The summed E-state index contributed by atoms with van der Waals surface area (Å²) in [6.07, 6.45) is 0.833. The maximum atomic E-state index is 11.5. The molecule has 2 N–H and O–H groups in total. The van der Waals surface area contributed by atoms with Crippen LogP contribution in [0.4, 0.5) is 5.69 Å². The number of benzene rings is 1. The molecule has 0 unspecified atom stereocenters. The van der Waals surface area contributed by atoms with Crippen molar-refractivity contribution >= 4 is 27.5 Å². The minimum atomic E-state index is -0.00771. The number of ether oxygens (including phenoxy) is 1. The summed E-state index contributed by atoms with van der Waals surface area (Å²) in [4.78, 5) is 11.5. The Bertz CT molecular complexity index is 397. The average molecular weight is 315 g/mol. The van der Waals surface area contributed by atoms with Gasteiger partial charge in [0, 0.05) is 30.4 Å². The van der Waals surface area contributed by atoms with Crippen molar-refractivity contribution in [2.75, 3.05) is 32.1 Å². The van der Waals surface area contributed by atoms with Gasteiger partial charge >= 0.3 is 0 Å². The molecule has 1 rings (SSSR count). The maximum absolute atomic E-state index is 11.5. The van der Waals surface area contributed by atoms with E-state index < -0.39 is 0 Å². The van der Waals surface area contributed by atoms with E-state index in [1.54, 1.807) is 7.11 Å². The summed E-state index contributed by atoms with van der Waals surface area (Å²) in [5.74, 6) is -0.00771. The molecule has 0 aliphatic carbocycles. The Kier molecular flexibility index (Phi) is 6.75. The van der Waals surface area contributed by atoms with Crippen molar-refractivity contribution in [1.29, 1.82) is 0 Å². The number of hydrogen-bond donors (Lipinski definition) is 2. The first-order valence-corrected chi connectivity index (χ1v) is 6.68. The number of halogens is 1. The summed E-state index contributed by atoms with van der Waals surface area (Å²) in [7, 11) is 1.65. The lowest BCUT2D eigenvalue weighted by molar-refractivity contribution is -0.119. The number of carbonyl (C=O) groups is 1. The first-order valence-electron chi connectivity index (χ1n) is 5.89. The molecule has 0 aliphatic heterocycles. The molecule has 0 saturated heterocycles. The van der Waals surface area contributed by atoms with Gasteiger partial charge in [0.15, 0.2) is 0 Å². The van der Waals surface area contributed by atoms with E-state index in [0.717, 1.165) is 22.1 Å². The molecule has 0 heterocycles. The van der Waals surface area contributed by atoms with Crippen LogP contribution in [0.3, 0.4) is 0 Å². The lowest BCUT2D eigenvalue weighted by Crippen LogP contribution is -2.31. The van der Waals surface area contributed by atoms with Gasteiger partial charge in [0.05, 0.1) is 6.54 Å². The molecule has 1 amide bonds. The van der Waals surface area contributed by atoms with Crippen LogP contribution in [0.15, 0.2) is 22.7 Å². The Balaban J connectivity index is 2.27. The van der Waals surface area contributed by atoms with Crippen molar-refractivity contribution in [1.82, 2.24) is 5.32 Å². The van der Waals surface area contributed by atoms with Gasteiger partial charge in [-0.2, -0.15) is 0 Å². The summed E-state index contributed by atoms with van der Waals surface area (Å²) >= 11 is 3.44. The van der Waals surface area contributed by atoms with E-state index in [4.69, 9.17) is 4.74 Å². The van der Waals surface area contributed by atoms with E-state index in [1.165, 1.54) is 0 Å². The second-order valence-corrected chi connectivity index (χ2v) is 4.87. The zero-order valence-corrected chi connectivity index (χ0v) is 12.3. The molecule has 5 heteroatoms. The standard InChI is InChI=1S/C13H19BrN2O2/c1-10-8-11(4-5-12(10)14)16-9-13(17)15-6-3-7-18-2/h4-5,8,16H,3,6-7,9H2,1-2H3,(H,15,17). The van der Waals surface area contributed by atoms with Crippen molar-refractivity contribution in [3.05, 3.63) is 28.2 Å². The van der Waals surface area contributed by atoms with Gasteiger partial charge in [-0.15, -0.1) is 0 Å². The van der Waals surface area contributed by atoms with Gasteiger partial charge in [-0.1, -0.05) is 15.9 Å². The summed E-state index contributed by atoms with van der Waals surface area (Å²) in [6, 6.07) is 5.91. The monoisotopic (exact) mass is 314 g/mol. The van der Waals surface area contributed by atoms with Crippen LogP contribution in [0.2, 0.25) is 0 Å². The normalized spacial score (nSPS) is 10.2. The molecule has 0 aliphatic rings. The van der Waals surface area contributed by atoms with Crippen LogP contribution >= 0.6 is 15.9 Å². The maximum Gasteiger partial charge on any atom is 0.239 e. The zero-order chi connectivity index (χ0) is 13.4. The van der Waals surface area contributed by atoms with Gasteiger partial charge in [0.1, 0.15) is 0 Å². The van der Waals surface area contributed by atoms with E-state index >= 15 is 0 Å². The Morgan fingerprint density at radius 3 is 2.89 bits per heavy atom. The van der Waals surface area contributed by atoms with Crippen molar-refractivity contribution in [3.8, 4) is 0 Å². The fourth-order valence-electron chi connectivity index (χ4n) is 1.44. The summed E-state index contributed by atoms with van der Waals surface area (Å²) in [6.45, 7) is 3.61. The lowest BCUT2D eigenvalue weighted by atomic mass is 10.2. The molecule has 4 nitrogen and oxygen atoms in total. The van der Waals surface area contributed by atoms with E-state index in [-0.39, 0.29) is 12.5 Å². The summed E-state index contributed by atoms with van der Waals surface area (Å²) in [5, 5.41) is 5.91. The van der Waals surface area contributed by atoms with Gasteiger partial charge in [-0.3, -0.25) is 4.79 Å². The molecular formula is C13H19BrN2O2. The second kappa shape index (κ2) is 8.11. The molecule has 1 aromatic rings. The molecule has 1 aromatic carbocycles. The first-order chi connectivity index (χ1) is 8.63. The number of carbonyl (C=O) groups excluding carboxylic acids is 1. The number of anilines is 1. The third-order valence-electron chi connectivity index (χ3n) is 2.46. The Labute approximate surface area is 116 Å². The quantitative estimate of drug-likeness (QED) is 0.759. The van der Waals surface area contributed by atoms with E-state index in [9.17, 15) is 4.79 Å². The number of aryl methyl sites for hydroxylation is 1. The fourth-order valence-corrected chi connectivity index (χ4v) is 1.69. The predicted molar refractivity (Wildman–Crippen MR) is 76.9 cm³/mol. The van der Waals surface area contributed by atoms with Crippen LogP contribution in [0.5, 0.6) is 0 Å². The highest BCUT2D eigenvalue weighted by Crippen LogP contribution is 2.19. The van der Waals surface area contributed by atoms with Crippen molar-refractivity contribution < 1.29 is 9.53 Å². The van der Waals surface area contributed by atoms with Gasteiger partial charge in [-0.25, -0.2) is 0 Å². The Morgan fingerprint density at radius 1 is 1.44 bits per heavy atom. The van der Waals surface area contributed by atoms with Crippen LogP contribution < -0.4 is 10.6 Å². The Hall–Kier alpha value is -1.07. The van der Waals surface area contributed by atoms with Crippen molar-refractivity contribution in [2.45, 2.75) is 13.3 Å².